The molecule has 2 atom stereocenters. The Labute approximate surface area is 193 Å². The monoisotopic (exact) mass is 466 g/mol. The van der Waals surface area contributed by atoms with E-state index < -0.39 is 5.91 Å². The molecule has 11 heteroatoms. The van der Waals surface area contributed by atoms with Crippen LogP contribution in [0.5, 0.6) is 5.75 Å². The van der Waals surface area contributed by atoms with Gasteiger partial charge in [0.1, 0.15) is 5.75 Å². The molecule has 3 amide bonds. The number of methoxy groups -OCH3 is 1. The van der Waals surface area contributed by atoms with Gasteiger partial charge in [0, 0.05) is 48.8 Å². The first-order chi connectivity index (χ1) is 16.0. The van der Waals surface area contributed by atoms with Crippen LogP contribution >= 0.6 is 11.5 Å². The number of nitrogens with zero attached hydrogens (tertiary/aromatic N) is 4. The van der Waals surface area contributed by atoms with E-state index in [1.54, 1.807) is 41.3 Å². The molecule has 2 aliphatic heterocycles. The van der Waals surface area contributed by atoms with Gasteiger partial charge in [0.15, 0.2) is 10.7 Å². The highest BCUT2D eigenvalue weighted by molar-refractivity contribution is 7.10. The average molecular weight is 467 g/mol. The van der Waals surface area contributed by atoms with Crippen molar-refractivity contribution in [3.05, 3.63) is 64.2 Å². The van der Waals surface area contributed by atoms with E-state index in [4.69, 9.17) is 4.74 Å². The first kappa shape index (κ1) is 21.1. The molecule has 0 aliphatic carbocycles. The predicted octanol–water partition coefficient (Wildman–Crippen LogP) is 2.61. The first-order valence-corrected chi connectivity index (χ1v) is 11.3. The Morgan fingerprint density at radius 3 is 2.79 bits per heavy atom. The number of likely N-dealkylation sites (tertiary alicyclic amines) is 1. The Morgan fingerprint density at radius 1 is 1.09 bits per heavy atom. The van der Waals surface area contributed by atoms with Gasteiger partial charge in [0.05, 0.1) is 12.8 Å². The maximum atomic E-state index is 13.1. The van der Waals surface area contributed by atoms with Crippen LogP contribution in [-0.2, 0) is 6.54 Å². The molecule has 170 valence electrons. The van der Waals surface area contributed by atoms with Gasteiger partial charge in [0.25, 0.3) is 11.5 Å². The number of urea groups is 1. The summed E-state index contributed by atoms with van der Waals surface area (Å²) in [6, 6.07) is 12.0. The number of benzene rings is 1. The molecular weight excluding hydrogens is 444 g/mol. The number of para-hydroxylation sites is 2. The number of anilines is 2. The maximum absolute atomic E-state index is 13.1. The number of carbonyl (C=O) groups is 2. The van der Waals surface area contributed by atoms with E-state index in [2.05, 4.69) is 20.2 Å². The number of ether oxygens (including phenoxy) is 1. The van der Waals surface area contributed by atoms with Crippen LogP contribution in [0.2, 0.25) is 0 Å². The van der Waals surface area contributed by atoms with Gasteiger partial charge in [0.2, 0.25) is 0 Å². The van der Waals surface area contributed by atoms with Crippen LogP contribution in [0.25, 0.3) is 0 Å². The highest BCUT2D eigenvalue weighted by Gasteiger charge is 2.36. The molecule has 2 aromatic heterocycles. The van der Waals surface area contributed by atoms with Crippen molar-refractivity contribution in [2.75, 3.05) is 30.8 Å². The van der Waals surface area contributed by atoms with Crippen molar-refractivity contribution in [1.82, 2.24) is 19.1 Å². The van der Waals surface area contributed by atoms with Crippen molar-refractivity contribution < 1.29 is 14.3 Å². The van der Waals surface area contributed by atoms with Gasteiger partial charge in [-0.1, -0.05) is 22.7 Å². The third-order valence-electron chi connectivity index (χ3n) is 6.05. The van der Waals surface area contributed by atoms with Gasteiger partial charge in [-0.2, -0.15) is 0 Å². The fourth-order valence-corrected chi connectivity index (χ4v) is 5.15. The summed E-state index contributed by atoms with van der Waals surface area (Å²) < 4.78 is 10.9. The Balaban J connectivity index is 1.29. The minimum Gasteiger partial charge on any atom is -0.495 e. The zero-order valence-corrected chi connectivity index (χ0v) is 18.7. The number of nitrogens with one attached hydrogen (secondary N) is 2. The summed E-state index contributed by atoms with van der Waals surface area (Å²) >= 11 is 0.945. The molecule has 1 aromatic carbocycles. The van der Waals surface area contributed by atoms with Crippen molar-refractivity contribution in [1.29, 1.82) is 0 Å². The highest BCUT2D eigenvalue weighted by atomic mass is 32.1. The molecule has 33 heavy (non-hydrogen) atoms. The number of pyridine rings is 1. The van der Waals surface area contributed by atoms with Crippen molar-refractivity contribution in [3.8, 4) is 5.75 Å². The second-order valence-corrected chi connectivity index (χ2v) is 8.89. The van der Waals surface area contributed by atoms with Gasteiger partial charge in [-0.05, 0) is 30.5 Å². The van der Waals surface area contributed by atoms with Crippen molar-refractivity contribution >= 4 is 34.2 Å². The van der Waals surface area contributed by atoms with Crippen molar-refractivity contribution in [2.24, 2.45) is 5.92 Å². The molecule has 3 aromatic rings. The number of amides is 3. The smallest absolute Gasteiger partial charge is 0.322 e. The summed E-state index contributed by atoms with van der Waals surface area (Å²) in [6.07, 6.45) is 0.946. The maximum Gasteiger partial charge on any atom is 0.322 e. The molecule has 2 bridgehead atoms. The fraction of sp³-hybridized carbons (Fsp3) is 0.318. The van der Waals surface area contributed by atoms with Gasteiger partial charge < -0.3 is 19.5 Å². The SMILES string of the molecule is COc1ccccc1NC(=O)c1nnsc1NC(=O)N1C[C@H]2C[C@@H](C1)c1cccc(=O)n1C2. The van der Waals surface area contributed by atoms with Crippen LogP contribution in [0.4, 0.5) is 15.5 Å². The first-order valence-electron chi connectivity index (χ1n) is 10.6. The summed E-state index contributed by atoms with van der Waals surface area (Å²) in [5.41, 5.74) is 1.50. The molecule has 0 unspecified atom stereocenters. The largest absolute Gasteiger partial charge is 0.495 e. The van der Waals surface area contributed by atoms with Crippen LogP contribution < -0.4 is 20.9 Å². The van der Waals surface area contributed by atoms with Gasteiger partial charge in [-0.3, -0.25) is 14.9 Å². The van der Waals surface area contributed by atoms with E-state index in [0.717, 1.165) is 23.6 Å². The summed E-state index contributed by atoms with van der Waals surface area (Å²) in [4.78, 5) is 39.8. The lowest BCUT2D eigenvalue weighted by atomic mass is 9.83. The summed E-state index contributed by atoms with van der Waals surface area (Å²) in [6.45, 7) is 1.64. The zero-order valence-electron chi connectivity index (χ0n) is 17.9. The van der Waals surface area contributed by atoms with Gasteiger partial charge in [-0.25, -0.2) is 4.79 Å². The number of fused-ring (bicyclic) bond motifs is 4. The lowest BCUT2D eigenvalue weighted by Gasteiger charge is -2.42. The second kappa shape index (κ2) is 8.66. The van der Waals surface area contributed by atoms with Gasteiger partial charge in [-0.15, -0.1) is 5.10 Å². The van der Waals surface area contributed by atoms with Crippen molar-refractivity contribution in [3.63, 3.8) is 0 Å². The summed E-state index contributed by atoms with van der Waals surface area (Å²) in [7, 11) is 1.52. The molecule has 2 aliphatic rings. The van der Waals surface area contributed by atoms with Crippen LogP contribution in [0, 0.1) is 5.92 Å². The van der Waals surface area contributed by atoms with E-state index in [1.807, 2.05) is 10.6 Å². The molecule has 10 nitrogen and oxygen atoms in total. The summed E-state index contributed by atoms with van der Waals surface area (Å²) in [5.74, 6) is 0.325. The Kier molecular flexibility index (Phi) is 5.55. The number of piperidine rings is 1. The third kappa shape index (κ3) is 4.07. The van der Waals surface area contributed by atoms with E-state index in [-0.39, 0.29) is 34.1 Å². The van der Waals surface area contributed by atoms with E-state index >= 15 is 0 Å². The van der Waals surface area contributed by atoms with Crippen LogP contribution in [0.1, 0.15) is 28.5 Å². The normalized spacial score (nSPS) is 18.9. The van der Waals surface area contributed by atoms with E-state index in [0.29, 0.717) is 31.1 Å². The summed E-state index contributed by atoms with van der Waals surface area (Å²) in [5, 5.41) is 9.73. The van der Waals surface area contributed by atoms with Crippen LogP contribution in [-0.4, -0.2) is 51.2 Å². The molecule has 0 saturated carbocycles. The minimum absolute atomic E-state index is 0.00142. The van der Waals surface area contributed by atoms with E-state index in [1.165, 1.54) is 7.11 Å². The zero-order chi connectivity index (χ0) is 22.9. The molecule has 1 fully saturated rings. The third-order valence-corrected chi connectivity index (χ3v) is 6.69. The molecule has 4 heterocycles. The molecule has 0 radical (unpaired) electrons. The molecule has 5 rings (SSSR count). The molecule has 2 N–H and O–H groups in total. The Morgan fingerprint density at radius 2 is 1.94 bits per heavy atom. The predicted molar refractivity (Wildman–Crippen MR) is 123 cm³/mol. The number of hydrogen-bond acceptors (Lipinski definition) is 7. The lowest BCUT2D eigenvalue weighted by molar-refractivity contribution is 0.102. The lowest BCUT2D eigenvalue weighted by Crippen LogP contribution is -2.50. The second-order valence-electron chi connectivity index (χ2n) is 8.14. The minimum atomic E-state index is -0.493. The van der Waals surface area contributed by atoms with Crippen LogP contribution in [0.15, 0.2) is 47.3 Å². The molecule has 0 spiro atoms. The van der Waals surface area contributed by atoms with Crippen molar-refractivity contribution in [2.45, 2.75) is 18.9 Å². The Bertz CT molecular complexity index is 1270. The molecular formula is C22H22N6O4S. The topological polar surface area (TPSA) is 118 Å². The van der Waals surface area contributed by atoms with Gasteiger partial charge >= 0.3 is 6.03 Å². The Hall–Kier alpha value is -3.73. The number of hydrogen-bond donors (Lipinski definition) is 2. The van der Waals surface area contributed by atoms with E-state index in [9.17, 15) is 14.4 Å². The standard InChI is InChI=1S/C22H22N6O4S/c1-32-17-7-3-2-5-15(17)23-20(30)19-21(33-26-25-19)24-22(31)27-10-13-9-14(12-27)16-6-4-8-18(29)28(16)11-13/h2-8,13-14H,9-12H2,1H3,(H,23,30)(H,24,31)/t13-,14+/m1/s1. The number of rotatable bonds is 4. The quantitative estimate of drug-likeness (QED) is 0.610. The highest BCUT2D eigenvalue weighted by Crippen LogP contribution is 2.35. The number of carbonyl (C=O) groups excluding carboxylic acids is 2. The average Bonchev–Trinajstić information content (AvgIpc) is 3.28. The van der Waals surface area contributed by atoms with Crippen LogP contribution in [0.3, 0.4) is 0 Å². The molecule has 1 saturated heterocycles. The number of aromatic nitrogens is 3. The fourth-order valence-electron chi connectivity index (χ4n) is 4.59.